The first kappa shape index (κ1) is 9.86. The molecule has 0 aliphatic carbocycles. The molecule has 12 heavy (non-hydrogen) atoms. The number of methoxy groups -OCH3 is 1. The Kier molecular flexibility index (Phi) is 3.88. The van der Waals surface area contributed by atoms with Gasteiger partial charge in [-0.05, 0) is 18.6 Å². The second kappa shape index (κ2) is 4.72. The van der Waals surface area contributed by atoms with Crippen LogP contribution in [0, 0.1) is 0 Å². The Bertz CT molecular complexity index is 163. The molecular weight excluding hydrogens is 174 g/mol. The van der Waals surface area contributed by atoms with E-state index in [1.54, 1.807) is 0 Å². The highest BCUT2D eigenvalue weighted by Crippen LogP contribution is 2.20. The fourth-order valence-electron chi connectivity index (χ4n) is 1.25. The molecule has 2 unspecified atom stereocenters. The van der Waals surface area contributed by atoms with E-state index in [0.29, 0.717) is 5.37 Å². The Morgan fingerprint density at radius 3 is 3.08 bits per heavy atom. The molecule has 1 saturated heterocycles. The number of carbonyl (C=O) groups excluding carboxylic acids is 1. The lowest BCUT2D eigenvalue weighted by atomic mass is 10.2. The van der Waals surface area contributed by atoms with Gasteiger partial charge in [-0.25, -0.2) is 0 Å². The van der Waals surface area contributed by atoms with Gasteiger partial charge in [0.25, 0.3) is 0 Å². The molecule has 0 aromatic rings. The summed E-state index contributed by atoms with van der Waals surface area (Å²) in [5, 5.41) is 3.66. The van der Waals surface area contributed by atoms with Crippen LogP contribution in [0.5, 0.6) is 0 Å². The molecule has 0 bridgehead atoms. The van der Waals surface area contributed by atoms with Crippen LogP contribution in [-0.4, -0.2) is 30.2 Å². The molecule has 1 rings (SSSR count). The lowest BCUT2D eigenvalue weighted by molar-refractivity contribution is -0.143. The summed E-state index contributed by atoms with van der Waals surface area (Å²) in [6.45, 7) is 2.12. The number of nitrogens with one attached hydrogen (secondary N) is 1. The van der Waals surface area contributed by atoms with Crippen LogP contribution in [0.15, 0.2) is 0 Å². The summed E-state index contributed by atoms with van der Waals surface area (Å²) in [6.07, 6.45) is 1.94. The molecule has 0 aromatic heterocycles. The second-order valence-corrected chi connectivity index (χ2v) is 4.11. The van der Waals surface area contributed by atoms with Gasteiger partial charge in [-0.15, -0.1) is 11.8 Å². The van der Waals surface area contributed by atoms with Crippen LogP contribution >= 0.6 is 11.8 Å². The van der Waals surface area contributed by atoms with E-state index in [9.17, 15) is 4.79 Å². The average Bonchev–Trinajstić information content (AvgIpc) is 2.17. The normalized spacial score (nSPS) is 29.8. The maximum absolute atomic E-state index is 11.1. The fourth-order valence-corrected chi connectivity index (χ4v) is 2.40. The zero-order valence-corrected chi connectivity index (χ0v) is 8.32. The quantitative estimate of drug-likeness (QED) is 0.657. The molecule has 0 amide bonds. The van der Waals surface area contributed by atoms with Crippen molar-refractivity contribution < 1.29 is 9.53 Å². The van der Waals surface area contributed by atoms with E-state index in [0.717, 1.165) is 18.6 Å². The van der Waals surface area contributed by atoms with Gasteiger partial charge >= 0.3 is 5.97 Å². The zero-order chi connectivity index (χ0) is 8.97. The fraction of sp³-hybridized carbons (Fsp3) is 0.875. The zero-order valence-electron chi connectivity index (χ0n) is 7.50. The molecule has 1 aliphatic heterocycles. The molecule has 0 saturated carbocycles. The van der Waals surface area contributed by atoms with Crippen LogP contribution in [0.2, 0.25) is 0 Å². The summed E-state index contributed by atoms with van der Waals surface area (Å²) in [6, 6.07) is -0.0822. The molecule has 3 nitrogen and oxygen atoms in total. The smallest absolute Gasteiger partial charge is 0.322 e. The third-order valence-electron chi connectivity index (χ3n) is 1.97. The third-order valence-corrected chi connectivity index (χ3v) is 3.31. The second-order valence-electron chi connectivity index (χ2n) is 2.80. The van der Waals surface area contributed by atoms with Crippen LogP contribution < -0.4 is 5.32 Å². The monoisotopic (exact) mass is 189 g/mol. The summed E-state index contributed by atoms with van der Waals surface area (Å²) in [7, 11) is 1.44. The van der Waals surface area contributed by atoms with Gasteiger partial charge < -0.3 is 4.74 Å². The van der Waals surface area contributed by atoms with Crippen LogP contribution in [0.3, 0.4) is 0 Å². The highest BCUT2D eigenvalue weighted by atomic mass is 32.2. The van der Waals surface area contributed by atoms with Crippen LogP contribution in [0.4, 0.5) is 0 Å². The molecule has 1 heterocycles. The minimum atomic E-state index is -0.131. The standard InChI is InChI=1S/C8H15NO2S/c1-3-7-9-6(4-5-12-7)8(10)11-2/h6-7,9H,3-5H2,1-2H3. The van der Waals surface area contributed by atoms with E-state index in [2.05, 4.69) is 17.0 Å². The number of esters is 1. The van der Waals surface area contributed by atoms with E-state index < -0.39 is 0 Å². The van der Waals surface area contributed by atoms with Crippen molar-refractivity contribution in [2.75, 3.05) is 12.9 Å². The third kappa shape index (κ3) is 2.38. The van der Waals surface area contributed by atoms with Crippen molar-refractivity contribution in [2.45, 2.75) is 31.2 Å². The number of hydrogen-bond donors (Lipinski definition) is 1. The molecule has 1 fully saturated rings. The first-order valence-electron chi connectivity index (χ1n) is 4.23. The molecule has 70 valence electrons. The Hall–Kier alpha value is -0.220. The van der Waals surface area contributed by atoms with Gasteiger partial charge in [0.1, 0.15) is 6.04 Å². The summed E-state index contributed by atoms with van der Waals surface area (Å²) in [5.74, 6) is 0.916. The Balaban J connectivity index is 2.40. The van der Waals surface area contributed by atoms with Gasteiger partial charge in [0.2, 0.25) is 0 Å². The largest absolute Gasteiger partial charge is 0.468 e. The Morgan fingerprint density at radius 2 is 2.50 bits per heavy atom. The highest BCUT2D eigenvalue weighted by Gasteiger charge is 2.25. The number of hydrogen-bond acceptors (Lipinski definition) is 4. The topological polar surface area (TPSA) is 38.3 Å². The van der Waals surface area contributed by atoms with Crippen molar-refractivity contribution in [1.29, 1.82) is 0 Å². The van der Waals surface area contributed by atoms with Gasteiger partial charge in [0, 0.05) is 0 Å². The number of carbonyl (C=O) groups is 1. The number of ether oxygens (including phenoxy) is 1. The summed E-state index contributed by atoms with van der Waals surface area (Å²) in [5.41, 5.74) is 0. The van der Waals surface area contributed by atoms with Crippen LogP contribution in [-0.2, 0) is 9.53 Å². The minimum absolute atomic E-state index is 0.0822. The van der Waals surface area contributed by atoms with E-state index in [1.165, 1.54) is 7.11 Å². The van der Waals surface area contributed by atoms with Gasteiger partial charge in [0.15, 0.2) is 0 Å². The Labute approximate surface area is 77.2 Å². The van der Waals surface area contributed by atoms with E-state index >= 15 is 0 Å². The molecule has 1 aliphatic rings. The SMILES string of the molecule is CCC1NC(C(=O)OC)CCS1. The summed E-state index contributed by atoms with van der Waals surface area (Å²) >= 11 is 1.88. The van der Waals surface area contributed by atoms with Crippen molar-refractivity contribution in [3.63, 3.8) is 0 Å². The maximum atomic E-state index is 11.1. The predicted octanol–water partition coefficient (Wildman–Crippen LogP) is 0.991. The lowest BCUT2D eigenvalue weighted by Gasteiger charge is -2.27. The first-order valence-corrected chi connectivity index (χ1v) is 5.28. The maximum Gasteiger partial charge on any atom is 0.322 e. The van der Waals surface area contributed by atoms with E-state index in [4.69, 9.17) is 0 Å². The van der Waals surface area contributed by atoms with Crippen molar-refractivity contribution in [2.24, 2.45) is 0 Å². The molecular formula is C8H15NO2S. The van der Waals surface area contributed by atoms with Gasteiger partial charge in [-0.3, -0.25) is 10.1 Å². The minimum Gasteiger partial charge on any atom is -0.468 e. The van der Waals surface area contributed by atoms with Crippen molar-refractivity contribution in [3.8, 4) is 0 Å². The van der Waals surface area contributed by atoms with Crippen LogP contribution in [0.1, 0.15) is 19.8 Å². The molecule has 2 atom stereocenters. The molecule has 0 radical (unpaired) electrons. The summed E-state index contributed by atoms with van der Waals surface area (Å²) < 4.78 is 4.67. The molecule has 4 heteroatoms. The van der Waals surface area contributed by atoms with E-state index in [-0.39, 0.29) is 12.0 Å². The lowest BCUT2D eigenvalue weighted by Crippen LogP contribution is -2.46. The van der Waals surface area contributed by atoms with Crippen molar-refractivity contribution in [3.05, 3.63) is 0 Å². The molecule has 0 aromatic carbocycles. The number of rotatable bonds is 2. The van der Waals surface area contributed by atoms with Crippen LogP contribution in [0.25, 0.3) is 0 Å². The number of thioether (sulfide) groups is 1. The highest BCUT2D eigenvalue weighted by molar-refractivity contribution is 7.99. The molecule has 0 spiro atoms. The molecule has 1 N–H and O–H groups in total. The van der Waals surface area contributed by atoms with Crippen molar-refractivity contribution in [1.82, 2.24) is 5.32 Å². The van der Waals surface area contributed by atoms with E-state index in [1.807, 2.05) is 11.8 Å². The van der Waals surface area contributed by atoms with Gasteiger partial charge in [-0.2, -0.15) is 0 Å². The Morgan fingerprint density at radius 1 is 1.75 bits per heavy atom. The first-order chi connectivity index (χ1) is 5.77. The summed E-state index contributed by atoms with van der Waals surface area (Å²) in [4.78, 5) is 11.1. The predicted molar refractivity (Wildman–Crippen MR) is 50.1 cm³/mol. The van der Waals surface area contributed by atoms with Gasteiger partial charge in [-0.1, -0.05) is 6.92 Å². The van der Waals surface area contributed by atoms with Gasteiger partial charge in [0.05, 0.1) is 12.5 Å². The van der Waals surface area contributed by atoms with Crippen molar-refractivity contribution >= 4 is 17.7 Å². The average molecular weight is 189 g/mol.